The third-order valence-electron chi connectivity index (χ3n) is 3.27. The minimum absolute atomic E-state index is 0.00544. The third-order valence-corrected chi connectivity index (χ3v) is 3.27. The first-order valence-electron chi connectivity index (χ1n) is 6.25. The van der Waals surface area contributed by atoms with Crippen molar-refractivity contribution in [2.75, 3.05) is 0 Å². The Kier molecular flexibility index (Phi) is 2.95. The molecule has 5 nitrogen and oxygen atoms in total. The molecule has 0 N–H and O–H groups in total. The number of rotatable bonds is 3. The molecule has 3 aromatic rings. The molecule has 2 aromatic heterocycles. The molecule has 0 spiro atoms. The summed E-state index contributed by atoms with van der Waals surface area (Å²) >= 11 is 0. The number of benzene rings is 1. The van der Waals surface area contributed by atoms with E-state index in [-0.39, 0.29) is 17.9 Å². The molecule has 2 heterocycles. The molecule has 0 saturated heterocycles. The van der Waals surface area contributed by atoms with E-state index in [4.69, 9.17) is 0 Å². The molecule has 0 saturated carbocycles. The number of aryl methyl sites for hydroxylation is 1. The molecular formula is C15H13N3O2. The first kappa shape index (κ1) is 12.3. The summed E-state index contributed by atoms with van der Waals surface area (Å²) in [4.78, 5) is 28.7. The first-order chi connectivity index (χ1) is 9.66. The zero-order chi connectivity index (χ0) is 14.1. The maximum atomic E-state index is 12.3. The standard InChI is InChI=1S/C15H13N3O2/c1-17-8-4-7-13(17)14(19)9-18-10-16-12-6-3-2-5-11(12)15(18)20/h2-8,10H,9H2,1H3. The van der Waals surface area contributed by atoms with Crippen LogP contribution in [0.15, 0.2) is 53.7 Å². The van der Waals surface area contributed by atoms with E-state index in [1.807, 2.05) is 6.07 Å². The molecular weight excluding hydrogens is 254 g/mol. The smallest absolute Gasteiger partial charge is 0.261 e. The van der Waals surface area contributed by atoms with Gasteiger partial charge in [-0.3, -0.25) is 14.2 Å². The van der Waals surface area contributed by atoms with Crippen LogP contribution in [0.2, 0.25) is 0 Å². The fraction of sp³-hybridized carbons (Fsp3) is 0.133. The van der Waals surface area contributed by atoms with E-state index in [9.17, 15) is 9.59 Å². The van der Waals surface area contributed by atoms with Gasteiger partial charge in [-0.2, -0.15) is 0 Å². The molecule has 0 radical (unpaired) electrons. The van der Waals surface area contributed by atoms with Gasteiger partial charge < -0.3 is 4.57 Å². The lowest BCUT2D eigenvalue weighted by molar-refractivity contribution is 0.0962. The van der Waals surface area contributed by atoms with E-state index in [1.54, 1.807) is 48.1 Å². The number of hydrogen-bond acceptors (Lipinski definition) is 3. The summed E-state index contributed by atoms with van der Waals surface area (Å²) in [5, 5.41) is 0.523. The van der Waals surface area contributed by atoms with Crippen LogP contribution in [0.5, 0.6) is 0 Å². The third kappa shape index (κ3) is 2.03. The Hall–Kier alpha value is -2.69. The molecule has 0 aliphatic carbocycles. The second-order valence-corrected chi connectivity index (χ2v) is 4.62. The van der Waals surface area contributed by atoms with Crippen molar-refractivity contribution in [1.29, 1.82) is 0 Å². The van der Waals surface area contributed by atoms with E-state index in [0.717, 1.165) is 0 Å². The van der Waals surface area contributed by atoms with Crippen LogP contribution in [0.25, 0.3) is 10.9 Å². The summed E-state index contributed by atoms with van der Waals surface area (Å²) < 4.78 is 3.08. The quantitative estimate of drug-likeness (QED) is 0.677. The maximum Gasteiger partial charge on any atom is 0.261 e. The molecule has 20 heavy (non-hydrogen) atoms. The van der Waals surface area contributed by atoms with Gasteiger partial charge in [-0.1, -0.05) is 12.1 Å². The highest BCUT2D eigenvalue weighted by Gasteiger charge is 2.12. The lowest BCUT2D eigenvalue weighted by atomic mass is 10.2. The molecule has 0 amide bonds. The summed E-state index contributed by atoms with van der Waals surface area (Å²) in [5.41, 5.74) is 1.02. The van der Waals surface area contributed by atoms with Gasteiger partial charge in [0.25, 0.3) is 5.56 Å². The van der Waals surface area contributed by atoms with Crippen molar-refractivity contribution in [3.63, 3.8) is 0 Å². The topological polar surface area (TPSA) is 56.9 Å². The lowest BCUT2D eigenvalue weighted by Crippen LogP contribution is -2.25. The van der Waals surface area contributed by atoms with Crippen LogP contribution in [0.1, 0.15) is 10.5 Å². The van der Waals surface area contributed by atoms with Gasteiger partial charge in [-0.05, 0) is 24.3 Å². The Labute approximate surface area is 115 Å². The zero-order valence-electron chi connectivity index (χ0n) is 11.0. The summed E-state index contributed by atoms with van der Waals surface area (Å²) in [6.45, 7) is -0.00544. The first-order valence-corrected chi connectivity index (χ1v) is 6.25. The van der Waals surface area contributed by atoms with E-state index in [2.05, 4.69) is 4.98 Å². The van der Waals surface area contributed by atoms with Gasteiger partial charge in [-0.15, -0.1) is 0 Å². The summed E-state index contributed by atoms with van der Waals surface area (Å²) in [5.74, 6) is -0.114. The van der Waals surface area contributed by atoms with E-state index >= 15 is 0 Å². The van der Waals surface area contributed by atoms with Crippen molar-refractivity contribution < 1.29 is 4.79 Å². The Morgan fingerprint density at radius 2 is 2.00 bits per heavy atom. The summed E-state index contributed by atoms with van der Waals surface area (Å²) in [7, 11) is 1.80. The Balaban J connectivity index is 2.00. The van der Waals surface area contributed by atoms with Gasteiger partial charge in [0.1, 0.15) is 0 Å². The van der Waals surface area contributed by atoms with Gasteiger partial charge >= 0.3 is 0 Å². The number of hydrogen-bond donors (Lipinski definition) is 0. The molecule has 0 bridgehead atoms. The zero-order valence-corrected chi connectivity index (χ0v) is 11.0. The minimum atomic E-state index is -0.196. The molecule has 0 unspecified atom stereocenters. The number of nitrogens with zero attached hydrogens (tertiary/aromatic N) is 3. The van der Waals surface area contributed by atoms with Crippen LogP contribution in [0.4, 0.5) is 0 Å². The molecule has 100 valence electrons. The SMILES string of the molecule is Cn1cccc1C(=O)Cn1cnc2ccccc2c1=O. The van der Waals surface area contributed by atoms with Crippen LogP contribution in [0, 0.1) is 0 Å². The van der Waals surface area contributed by atoms with Crippen LogP contribution in [0.3, 0.4) is 0 Å². The highest BCUT2D eigenvalue weighted by Crippen LogP contribution is 2.06. The summed E-state index contributed by atoms with van der Waals surface area (Å²) in [6.07, 6.45) is 3.22. The predicted molar refractivity (Wildman–Crippen MR) is 75.7 cm³/mol. The van der Waals surface area contributed by atoms with Crippen molar-refractivity contribution in [1.82, 2.24) is 14.1 Å². The number of aromatic nitrogens is 3. The summed E-state index contributed by atoms with van der Waals surface area (Å²) in [6, 6.07) is 10.6. The molecule has 0 fully saturated rings. The van der Waals surface area contributed by atoms with Crippen molar-refractivity contribution in [3.05, 3.63) is 65.0 Å². The average Bonchev–Trinajstić information content (AvgIpc) is 2.88. The normalized spacial score (nSPS) is 10.8. The van der Waals surface area contributed by atoms with Crippen molar-refractivity contribution in [2.24, 2.45) is 7.05 Å². The monoisotopic (exact) mass is 267 g/mol. The highest BCUT2D eigenvalue weighted by molar-refractivity contribution is 5.94. The minimum Gasteiger partial charge on any atom is -0.348 e. The molecule has 3 rings (SSSR count). The lowest BCUT2D eigenvalue weighted by Gasteiger charge is -2.06. The molecule has 0 aliphatic rings. The highest BCUT2D eigenvalue weighted by atomic mass is 16.1. The Bertz CT molecular complexity index is 845. The maximum absolute atomic E-state index is 12.3. The Morgan fingerprint density at radius 3 is 2.75 bits per heavy atom. The van der Waals surface area contributed by atoms with Crippen molar-refractivity contribution >= 4 is 16.7 Å². The van der Waals surface area contributed by atoms with Gasteiger partial charge in [-0.25, -0.2) is 4.98 Å². The molecule has 0 aliphatic heterocycles. The number of para-hydroxylation sites is 1. The van der Waals surface area contributed by atoms with Gasteiger partial charge in [0, 0.05) is 13.2 Å². The van der Waals surface area contributed by atoms with E-state index in [1.165, 1.54) is 10.9 Å². The van der Waals surface area contributed by atoms with Crippen molar-refractivity contribution in [3.8, 4) is 0 Å². The number of fused-ring (bicyclic) bond motifs is 1. The van der Waals surface area contributed by atoms with Gasteiger partial charge in [0.15, 0.2) is 5.78 Å². The van der Waals surface area contributed by atoms with Gasteiger partial charge in [0.05, 0.1) is 29.5 Å². The number of Topliss-reactive ketones (excluding diaryl/α,β-unsaturated/α-hetero) is 1. The van der Waals surface area contributed by atoms with Crippen LogP contribution in [-0.4, -0.2) is 19.9 Å². The second kappa shape index (κ2) is 4.77. The number of carbonyl (C=O) groups is 1. The van der Waals surface area contributed by atoms with Crippen molar-refractivity contribution in [2.45, 2.75) is 6.54 Å². The number of ketones is 1. The van der Waals surface area contributed by atoms with Gasteiger partial charge in [0.2, 0.25) is 0 Å². The average molecular weight is 267 g/mol. The predicted octanol–water partition coefficient (Wildman–Crippen LogP) is 1.62. The Morgan fingerprint density at radius 1 is 1.20 bits per heavy atom. The van der Waals surface area contributed by atoms with Crippen LogP contribution in [-0.2, 0) is 13.6 Å². The molecule has 5 heteroatoms. The number of carbonyl (C=O) groups excluding carboxylic acids is 1. The second-order valence-electron chi connectivity index (χ2n) is 4.62. The molecule has 1 aromatic carbocycles. The largest absolute Gasteiger partial charge is 0.348 e. The molecule has 0 atom stereocenters. The van der Waals surface area contributed by atoms with Crippen LogP contribution < -0.4 is 5.56 Å². The van der Waals surface area contributed by atoms with Crippen LogP contribution >= 0.6 is 0 Å². The fourth-order valence-corrected chi connectivity index (χ4v) is 2.21. The van der Waals surface area contributed by atoms with E-state index in [0.29, 0.717) is 16.6 Å². The van der Waals surface area contributed by atoms with E-state index < -0.39 is 0 Å². The fourth-order valence-electron chi connectivity index (χ4n) is 2.21.